The maximum Gasteiger partial charge on any atom is 0.310 e. The molecular weight excluding hydrogens is 619 g/mol. The first-order valence-electron chi connectivity index (χ1n) is 14.7. The van der Waals surface area contributed by atoms with Gasteiger partial charge in [-0.1, -0.05) is 24.3 Å². The number of phenols is 1. The zero-order chi connectivity index (χ0) is 34.2. The Labute approximate surface area is 274 Å². The molecule has 1 fully saturated rings. The lowest BCUT2D eigenvalue weighted by Gasteiger charge is -2.34. The van der Waals surface area contributed by atoms with E-state index in [4.69, 9.17) is 9.94 Å². The second-order valence-electron chi connectivity index (χ2n) is 10.7. The molecule has 4 N–H and O–H groups in total. The first-order valence-corrected chi connectivity index (χ1v) is 14.7. The molecule has 1 aliphatic heterocycles. The van der Waals surface area contributed by atoms with Gasteiger partial charge in [-0.25, -0.2) is 14.9 Å². The number of hydrogen-bond donors (Lipinski definition) is 4. The summed E-state index contributed by atoms with van der Waals surface area (Å²) in [6.45, 7) is 1.17. The Hall–Kier alpha value is -6.44. The number of phenolic OH excluding ortho intramolecular Hbond substituents is 1. The van der Waals surface area contributed by atoms with Crippen LogP contribution in [0.4, 0.5) is 15.9 Å². The number of anilines is 2. The van der Waals surface area contributed by atoms with E-state index in [-0.39, 0.29) is 40.9 Å². The Morgan fingerprint density at radius 3 is 2.50 bits per heavy atom. The average Bonchev–Trinajstić information content (AvgIpc) is 3.11. The molecule has 242 valence electrons. The fourth-order valence-electron chi connectivity index (χ4n) is 5.59. The molecule has 0 radical (unpaired) electrons. The van der Waals surface area contributed by atoms with E-state index < -0.39 is 11.7 Å². The number of carbonyl (C=O) groups is 2. The van der Waals surface area contributed by atoms with Gasteiger partial charge in [0.05, 0.1) is 12.7 Å². The number of piperidine rings is 1. The normalized spacial score (nSPS) is 13.2. The fourth-order valence-corrected chi connectivity index (χ4v) is 5.59. The van der Waals surface area contributed by atoms with E-state index in [1.165, 1.54) is 36.9 Å². The van der Waals surface area contributed by atoms with Crippen LogP contribution in [0.2, 0.25) is 0 Å². The molecule has 1 saturated heterocycles. The summed E-state index contributed by atoms with van der Waals surface area (Å²) in [5.41, 5.74) is 4.64. The maximum absolute atomic E-state index is 14.9. The Morgan fingerprint density at radius 2 is 1.85 bits per heavy atom. The summed E-state index contributed by atoms with van der Waals surface area (Å²) in [7, 11) is 1.43. The second kappa shape index (κ2) is 14.8. The monoisotopic (exact) mass is 648 g/mol. The number of nitriles is 2. The van der Waals surface area contributed by atoms with E-state index >= 15 is 0 Å². The molecule has 1 aromatic heterocycles. The number of halogens is 1. The predicted molar refractivity (Wildman–Crippen MR) is 173 cm³/mol. The van der Waals surface area contributed by atoms with Crippen LogP contribution < -0.4 is 20.4 Å². The van der Waals surface area contributed by atoms with Crippen molar-refractivity contribution in [2.75, 3.05) is 30.4 Å². The summed E-state index contributed by atoms with van der Waals surface area (Å²) in [6, 6.07) is 20.2. The van der Waals surface area contributed by atoms with Crippen molar-refractivity contribution in [1.29, 1.82) is 10.5 Å². The molecular formula is C35H29FN6O6. The fraction of sp³-hybridized carbons (Fsp3) is 0.171. The number of rotatable bonds is 10. The smallest absolute Gasteiger partial charge is 0.310 e. The highest BCUT2D eigenvalue weighted by Gasteiger charge is 2.26. The predicted octanol–water partition coefficient (Wildman–Crippen LogP) is 5.11. The van der Waals surface area contributed by atoms with Crippen molar-refractivity contribution in [3.8, 4) is 45.9 Å². The zero-order valence-electron chi connectivity index (χ0n) is 25.6. The largest absolute Gasteiger partial charge is 0.504 e. The number of hydrogen-bond acceptors (Lipinski definition) is 11. The molecule has 4 aromatic rings. The summed E-state index contributed by atoms with van der Waals surface area (Å²) >= 11 is 0. The lowest BCUT2D eigenvalue weighted by molar-refractivity contribution is -0.135. The summed E-state index contributed by atoms with van der Waals surface area (Å²) in [5.74, 6) is -1.50. The molecule has 12 nitrogen and oxygen atoms in total. The van der Waals surface area contributed by atoms with E-state index in [1.807, 2.05) is 17.0 Å². The molecule has 0 unspecified atom stereocenters. The van der Waals surface area contributed by atoms with Gasteiger partial charge >= 0.3 is 5.91 Å². The van der Waals surface area contributed by atoms with Crippen LogP contribution in [0.15, 0.2) is 72.6 Å². The number of carbonyl (C=O) groups excluding carboxylic acids is 2. The third-order valence-corrected chi connectivity index (χ3v) is 7.89. The van der Waals surface area contributed by atoms with E-state index in [9.17, 15) is 29.6 Å². The first kappa shape index (κ1) is 32.9. The van der Waals surface area contributed by atoms with Gasteiger partial charge < -0.3 is 24.8 Å². The number of amides is 1. The standard InChI is InChI=1S/C35H29FN6O6/c1-47-31-8-7-22(16-30(31)44)28-19-39-34(27(18-38)33(28)23-5-6-24(17-37)29(36)15-23)42-11-9-25(10-12-42)40-26-4-2-3-21(13-26)14-32(48-20-43)35(45)41-46/h2-8,13-16,19-20,25,40,44,46H,9-12H2,1H3,(H,41,45)/b32-14+. The van der Waals surface area contributed by atoms with Crippen LogP contribution in [0, 0.1) is 28.5 Å². The highest BCUT2D eigenvalue weighted by Crippen LogP contribution is 2.41. The van der Waals surface area contributed by atoms with Gasteiger partial charge in [0.15, 0.2) is 17.3 Å². The molecule has 13 heteroatoms. The molecule has 0 spiro atoms. The number of ether oxygens (including phenoxy) is 2. The van der Waals surface area contributed by atoms with Crippen LogP contribution in [-0.4, -0.2) is 53.9 Å². The van der Waals surface area contributed by atoms with Crippen LogP contribution >= 0.6 is 0 Å². The number of methoxy groups -OCH3 is 1. The second-order valence-corrected chi connectivity index (χ2v) is 10.7. The van der Waals surface area contributed by atoms with Crippen molar-refractivity contribution < 1.29 is 33.8 Å². The molecule has 0 atom stereocenters. The van der Waals surface area contributed by atoms with Crippen molar-refractivity contribution >= 4 is 30.0 Å². The number of aromatic hydroxyl groups is 1. The lowest BCUT2D eigenvalue weighted by Crippen LogP contribution is -2.40. The number of benzene rings is 3. The maximum atomic E-state index is 14.9. The van der Waals surface area contributed by atoms with Crippen molar-refractivity contribution in [2.45, 2.75) is 18.9 Å². The molecule has 1 amide bonds. The van der Waals surface area contributed by atoms with Crippen LogP contribution in [0.3, 0.4) is 0 Å². The van der Waals surface area contributed by atoms with E-state index in [0.717, 1.165) is 5.69 Å². The summed E-state index contributed by atoms with van der Waals surface area (Å²) in [4.78, 5) is 29.2. The number of nitrogens with one attached hydrogen (secondary N) is 2. The Kier molecular flexibility index (Phi) is 10.1. The molecule has 0 bridgehead atoms. The van der Waals surface area contributed by atoms with Crippen LogP contribution in [0.5, 0.6) is 11.5 Å². The first-order chi connectivity index (χ1) is 23.3. The quantitative estimate of drug-likeness (QED) is 0.0590. The number of nitrogens with zero attached hydrogens (tertiary/aromatic N) is 4. The molecule has 0 saturated carbocycles. The van der Waals surface area contributed by atoms with Gasteiger partial charge in [-0.05, 0) is 72.0 Å². The summed E-state index contributed by atoms with van der Waals surface area (Å²) < 4.78 is 24.7. The minimum absolute atomic E-state index is 0.0473. The molecule has 3 aromatic carbocycles. The number of aromatic nitrogens is 1. The number of hydroxylamine groups is 1. The molecule has 1 aliphatic rings. The van der Waals surface area contributed by atoms with Gasteiger partial charge in [0.25, 0.3) is 6.47 Å². The van der Waals surface area contributed by atoms with Gasteiger partial charge in [-0.2, -0.15) is 10.5 Å². The highest BCUT2D eigenvalue weighted by molar-refractivity contribution is 5.96. The van der Waals surface area contributed by atoms with Crippen LogP contribution in [-0.2, 0) is 14.3 Å². The third kappa shape index (κ3) is 7.02. The highest BCUT2D eigenvalue weighted by atomic mass is 19.1. The minimum Gasteiger partial charge on any atom is -0.504 e. The van der Waals surface area contributed by atoms with Gasteiger partial charge in [0, 0.05) is 42.1 Å². The van der Waals surface area contributed by atoms with Crippen molar-refractivity contribution in [2.24, 2.45) is 0 Å². The average molecular weight is 649 g/mol. The van der Waals surface area contributed by atoms with Gasteiger partial charge in [0.2, 0.25) is 0 Å². The third-order valence-electron chi connectivity index (χ3n) is 7.89. The molecule has 0 aliphatic carbocycles. The summed E-state index contributed by atoms with van der Waals surface area (Å²) in [6.07, 6.45) is 4.25. The van der Waals surface area contributed by atoms with Gasteiger partial charge in [-0.3, -0.25) is 14.8 Å². The Balaban J connectivity index is 1.43. The van der Waals surface area contributed by atoms with Crippen molar-refractivity contribution in [1.82, 2.24) is 10.5 Å². The Morgan fingerprint density at radius 1 is 1.08 bits per heavy atom. The van der Waals surface area contributed by atoms with Crippen LogP contribution in [0.1, 0.15) is 29.5 Å². The Bertz CT molecular complexity index is 1980. The van der Waals surface area contributed by atoms with E-state index in [1.54, 1.807) is 42.6 Å². The summed E-state index contributed by atoms with van der Waals surface area (Å²) in [5, 5.41) is 42.6. The molecule has 5 rings (SSSR count). The topological polar surface area (TPSA) is 181 Å². The van der Waals surface area contributed by atoms with E-state index in [2.05, 4.69) is 21.1 Å². The van der Waals surface area contributed by atoms with Gasteiger partial charge in [-0.15, -0.1) is 0 Å². The molecule has 2 heterocycles. The van der Waals surface area contributed by atoms with Gasteiger partial charge in [0.1, 0.15) is 29.3 Å². The van der Waals surface area contributed by atoms with E-state index in [0.29, 0.717) is 59.6 Å². The van der Waals surface area contributed by atoms with Crippen LogP contribution in [0.25, 0.3) is 28.3 Å². The lowest BCUT2D eigenvalue weighted by atomic mass is 9.91. The van der Waals surface area contributed by atoms with Crippen molar-refractivity contribution in [3.05, 3.63) is 95.1 Å². The minimum atomic E-state index is -0.971. The van der Waals surface area contributed by atoms with Crippen molar-refractivity contribution in [3.63, 3.8) is 0 Å². The SMILES string of the molecule is COc1ccc(-c2cnc(N3CCC(Nc4cccc(/C=C(/OC=O)C(=O)NO)c4)CC3)c(C#N)c2-c2ccc(C#N)c(F)c2)cc1O. The zero-order valence-corrected chi connectivity index (χ0v) is 25.6. The number of pyridine rings is 1. The molecule has 48 heavy (non-hydrogen) atoms.